The maximum atomic E-state index is 13.8. The average Bonchev–Trinajstić information content (AvgIpc) is 2.40. The lowest BCUT2D eigenvalue weighted by molar-refractivity contribution is 0.305. The molecular weight excluding hydrogens is 293 g/mol. The molecule has 0 amide bonds. The summed E-state index contributed by atoms with van der Waals surface area (Å²) in [7, 11) is -3.70. The van der Waals surface area contributed by atoms with Crippen molar-refractivity contribution in [2.24, 2.45) is 5.92 Å². The molecular formula is C15H20FNO3S. The van der Waals surface area contributed by atoms with Crippen molar-refractivity contribution in [1.29, 1.82) is 0 Å². The largest absolute Gasteiger partial charge is 0.395 e. The van der Waals surface area contributed by atoms with Crippen molar-refractivity contribution >= 4 is 10.0 Å². The van der Waals surface area contributed by atoms with Crippen molar-refractivity contribution < 1.29 is 17.9 Å². The van der Waals surface area contributed by atoms with Crippen LogP contribution in [-0.4, -0.2) is 26.7 Å². The Morgan fingerprint density at radius 3 is 2.67 bits per heavy atom. The molecule has 0 aliphatic carbocycles. The lowest BCUT2D eigenvalue weighted by Gasteiger charge is -2.08. The topological polar surface area (TPSA) is 66.4 Å². The lowest BCUT2D eigenvalue weighted by atomic mass is 10.1. The Bertz CT molecular complexity index is 630. The molecule has 0 unspecified atom stereocenters. The normalized spacial score (nSPS) is 11.3. The van der Waals surface area contributed by atoms with Gasteiger partial charge in [0.15, 0.2) is 0 Å². The first-order valence-electron chi connectivity index (χ1n) is 6.75. The number of sulfonamides is 1. The summed E-state index contributed by atoms with van der Waals surface area (Å²) in [6.07, 6.45) is 0.961. The monoisotopic (exact) mass is 313 g/mol. The van der Waals surface area contributed by atoms with Crippen LogP contribution in [0.1, 0.15) is 32.3 Å². The number of halogens is 1. The van der Waals surface area contributed by atoms with Crippen LogP contribution < -0.4 is 4.72 Å². The number of aliphatic hydroxyl groups is 1. The predicted molar refractivity (Wildman–Crippen MR) is 79.6 cm³/mol. The van der Waals surface area contributed by atoms with Gasteiger partial charge in [-0.2, -0.15) is 0 Å². The molecule has 6 heteroatoms. The number of nitrogens with one attached hydrogen (secondary N) is 1. The van der Waals surface area contributed by atoms with E-state index in [0.29, 0.717) is 18.9 Å². The fourth-order valence-electron chi connectivity index (χ4n) is 1.54. The summed E-state index contributed by atoms with van der Waals surface area (Å²) in [6, 6.07) is 3.61. The summed E-state index contributed by atoms with van der Waals surface area (Å²) in [4.78, 5) is -0.114. The lowest BCUT2D eigenvalue weighted by Crippen LogP contribution is -2.25. The minimum Gasteiger partial charge on any atom is -0.395 e. The molecule has 0 aliphatic heterocycles. The van der Waals surface area contributed by atoms with Crippen LogP contribution in [0.5, 0.6) is 0 Å². The van der Waals surface area contributed by atoms with Gasteiger partial charge in [0.25, 0.3) is 0 Å². The van der Waals surface area contributed by atoms with E-state index in [9.17, 15) is 12.8 Å². The van der Waals surface area contributed by atoms with Crippen LogP contribution in [0.25, 0.3) is 0 Å². The zero-order valence-corrected chi connectivity index (χ0v) is 13.0. The highest BCUT2D eigenvalue weighted by Crippen LogP contribution is 2.14. The van der Waals surface area contributed by atoms with Gasteiger partial charge in [0.05, 0.1) is 17.1 Å². The van der Waals surface area contributed by atoms with E-state index < -0.39 is 15.8 Å². The maximum absolute atomic E-state index is 13.8. The van der Waals surface area contributed by atoms with Gasteiger partial charge in [0.1, 0.15) is 5.82 Å². The average molecular weight is 313 g/mol. The zero-order valence-electron chi connectivity index (χ0n) is 12.2. The van der Waals surface area contributed by atoms with Crippen LogP contribution in [0.2, 0.25) is 0 Å². The molecule has 0 fully saturated rings. The highest BCUT2D eigenvalue weighted by Gasteiger charge is 2.15. The predicted octanol–water partition coefficient (Wildman–Crippen LogP) is 1.88. The second-order valence-electron chi connectivity index (χ2n) is 5.00. The van der Waals surface area contributed by atoms with Crippen molar-refractivity contribution in [3.05, 3.63) is 29.6 Å². The molecule has 2 N–H and O–H groups in total. The van der Waals surface area contributed by atoms with Gasteiger partial charge in [-0.1, -0.05) is 25.7 Å². The quantitative estimate of drug-likeness (QED) is 0.788. The van der Waals surface area contributed by atoms with Crippen LogP contribution in [0.3, 0.4) is 0 Å². The smallest absolute Gasteiger partial charge is 0.240 e. The third-order valence-corrected chi connectivity index (χ3v) is 4.18. The molecule has 21 heavy (non-hydrogen) atoms. The second kappa shape index (κ2) is 8.13. The van der Waals surface area contributed by atoms with Crippen molar-refractivity contribution in [3.63, 3.8) is 0 Å². The summed E-state index contributed by atoms with van der Waals surface area (Å²) in [5.41, 5.74) is 0.115. The van der Waals surface area contributed by atoms with E-state index in [2.05, 4.69) is 16.6 Å². The molecule has 4 nitrogen and oxygen atoms in total. The second-order valence-corrected chi connectivity index (χ2v) is 6.76. The van der Waals surface area contributed by atoms with Gasteiger partial charge in [0.2, 0.25) is 10.0 Å². The van der Waals surface area contributed by atoms with Crippen LogP contribution in [-0.2, 0) is 10.0 Å². The minimum atomic E-state index is -3.70. The molecule has 1 rings (SSSR count). The Kier molecular flexibility index (Phi) is 6.82. The van der Waals surface area contributed by atoms with E-state index in [4.69, 9.17) is 5.11 Å². The van der Waals surface area contributed by atoms with Gasteiger partial charge in [-0.05, 0) is 30.5 Å². The van der Waals surface area contributed by atoms with Crippen LogP contribution in [0, 0.1) is 23.6 Å². The number of hydrogen-bond acceptors (Lipinski definition) is 3. The van der Waals surface area contributed by atoms with Gasteiger partial charge >= 0.3 is 0 Å². The van der Waals surface area contributed by atoms with E-state index in [1.807, 2.05) is 13.8 Å². The maximum Gasteiger partial charge on any atom is 0.240 e. The Morgan fingerprint density at radius 1 is 1.38 bits per heavy atom. The van der Waals surface area contributed by atoms with Crippen molar-refractivity contribution in [3.8, 4) is 11.8 Å². The first kappa shape index (κ1) is 17.6. The van der Waals surface area contributed by atoms with E-state index in [1.165, 1.54) is 12.1 Å². The fraction of sp³-hybridized carbons (Fsp3) is 0.467. The summed E-state index contributed by atoms with van der Waals surface area (Å²) in [5, 5.41) is 8.60. The van der Waals surface area contributed by atoms with Crippen LogP contribution >= 0.6 is 0 Å². The molecule has 0 saturated carbocycles. The number of rotatable bonds is 6. The number of aliphatic hydroxyl groups excluding tert-OH is 1. The molecule has 1 aromatic rings. The fourth-order valence-corrected chi connectivity index (χ4v) is 2.60. The third-order valence-electron chi connectivity index (χ3n) is 2.72. The summed E-state index contributed by atoms with van der Waals surface area (Å²) >= 11 is 0. The molecule has 0 saturated heterocycles. The molecule has 0 bridgehead atoms. The Labute approximate surface area is 125 Å². The zero-order chi connectivity index (χ0) is 15.9. The SMILES string of the molecule is CC(C)CCNS(=O)(=O)c1ccc(C#CCCO)c(F)c1. The Morgan fingerprint density at radius 2 is 2.10 bits per heavy atom. The van der Waals surface area contributed by atoms with Crippen LogP contribution in [0.15, 0.2) is 23.1 Å². The van der Waals surface area contributed by atoms with Gasteiger partial charge in [-0.15, -0.1) is 0 Å². The first-order chi connectivity index (χ1) is 9.86. The number of benzene rings is 1. The van der Waals surface area contributed by atoms with Gasteiger partial charge in [-0.3, -0.25) is 0 Å². The first-order valence-corrected chi connectivity index (χ1v) is 8.24. The minimum absolute atomic E-state index is 0.0964. The molecule has 0 aromatic heterocycles. The summed E-state index contributed by atoms with van der Waals surface area (Å²) in [6.45, 7) is 4.21. The molecule has 0 aliphatic rings. The molecule has 116 valence electrons. The van der Waals surface area contributed by atoms with E-state index in [-0.39, 0.29) is 23.5 Å². The standard InChI is InChI=1S/C15H20FNO3S/c1-12(2)8-9-17-21(19,20)14-7-6-13(15(16)11-14)5-3-4-10-18/h6-7,11-12,17-18H,4,8-10H2,1-2H3. The highest BCUT2D eigenvalue weighted by molar-refractivity contribution is 7.89. The van der Waals surface area contributed by atoms with E-state index in [0.717, 1.165) is 6.07 Å². The van der Waals surface area contributed by atoms with Gasteiger partial charge in [0, 0.05) is 13.0 Å². The van der Waals surface area contributed by atoms with Crippen LogP contribution in [0.4, 0.5) is 4.39 Å². The van der Waals surface area contributed by atoms with Crippen molar-refractivity contribution in [1.82, 2.24) is 4.72 Å². The summed E-state index contributed by atoms with van der Waals surface area (Å²) < 4.78 is 40.2. The number of hydrogen-bond donors (Lipinski definition) is 2. The van der Waals surface area contributed by atoms with Gasteiger partial charge in [-0.25, -0.2) is 17.5 Å². The van der Waals surface area contributed by atoms with E-state index >= 15 is 0 Å². The molecule has 0 radical (unpaired) electrons. The molecule has 0 atom stereocenters. The van der Waals surface area contributed by atoms with Gasteiger partial charge < -0.3 is 5.11 Å². The third kappa shape index (κ3) is 5.84. The summed E-state index contributed by atoms with van der Waals surface area (Å²) in [5.74, 6) is 4.84. The Balaban J connectivity index is 2.85. The Hall–Kier alpha value is -1.42. The van der Waals surface area contributed by atoms with Crippen molar-refractivity contribution in [2.45, 2.75) is 31.6 Å². The molecule has 1 aromatic carbocycles. The molecule has 0 spiro atoms. The molecule has 0 heterocycles. The van der Waals surface area contributed by atoms with E-state index in [1.54, 1.807) is 0 Å². The van der Waals surface area contributed by atoms with Crippen molar-refractivity contribution in [2.75, 3.05) is 13.2 Å². The highest BCUT2D eigenvalue weighted by atomic mass is 32.2.